The summed E-state index contributed by atoms with van der Waals surface area (Å²) in [5.41, 5.74) is 2.70. The minimum atomic E-state index is 0. The van der Waals surface area contributed by atoms with Crippen LogP contribution in [0.4, 0.5) is 0 Å². The van der Waals surface area contributed by atoms with E-state index in [0.717, 1.165) is 0 Å². The van der Waals surface area contributed by atoms with Crippen LogP contribution in [0.1, 0.15) is 11.1 Å². The Morgan fingerprint density at radius 2 is 0.935 bits per heavy atom. The number of fused-ring (bicyclic) bond motifs is 2. The fourth-order valence-electron chi connectivity index (χ4n) is 3.09. The van der Waals surface area contributed by atoms with Crippen molar-refractivity contribution >= 4 is 61.8 Å². The second-order valence-electron chi connectivity index (χ2n) is 6.81. The molecule has 0 fully saturated rings. The number of rotatable bonds is 0. The average molecular weight is 545 g/mol. The van der Waals surface area contributed by atoms with Crippen molar-refractivity contribution in [1.29, 1.82) is 0 Å². The molecule has 0 unspecified atom stereocenters. The summed E-state index contributed by atoms with van der Waals surface area (Å²) < 4.78 is 0. The van der Waals surface area contributed by atoms with Crippen molar-refractivity contribution in [3.05, 3.63) is 122 Å². The Labute approximate surface area is 222 Å². The van der Waals surface area contributed by atoms with Crippen LogP contribution in [-0.2, 0) is 26.2 Å². The van der Waals surface area contributed by atoms with Crippen molar-refractivity contribution in [3.8, 4) is 0 Å². The maximum atomic E-state index is 2.20. The molecule has 0 heterocycles. The molecule has 0 aliphatic carbocycles. The predicted molar refractivity (Wildman–Crippen MR) is 144 cm³/mol. The van der Waals surface area contributed by atoms with Gasteiger partial charge in [0, 0.05) is 10.2 Å². The molecule has 0 spiro atoms. The van der Waals surface area contributed by atoms with Gasteiger partial charge in [-0.3, -0.25) is 0 Å². The van der Waals surface area contributed by atoms with Crippen LogP contribution in [0.3, 0.4) is 0 Å². The van der Waals surface area contributed by atoms with Crippen LogP contribution in [-0.4, -0.2) is 10.2 Å². The van der Waals surface area contributed by atoms with Gasteiger partial charge in [0.1, 0.15) is 0 Å². The van der Waals surface area contributed by atoms with Gasteiger partial charge in [-0.1, -0.05) is 61.5 Å². The number of hydrogen-bond donors (Lipinski definition) is 0. The van der Waals surface area contributed by atoms with Crippen LogP contribution in [0.25, 0.3) is 21.5 Å². The van der Waals surface area contributed by atoms with E-state index in [4.69, 9.17) is 0 Å². The van der Waals surface area contributed by atoms with E-state index in [9.17, 15) is 0 Å². The Morgan fingerprint density at radius 3 is 1.26 bits per heavy atom. The van der Waals surface area contributed by atoms with Gasteiger partial charge in [-0.2, -0.15) is 12.1 Å². The second-order valence-corrected chi connectivity index (χ2v) is 7.63. The number of hydrogen-bond acceptors (Lipinski definition) is 0. The van der Waals surface area contributed by atoms with E-state index in [1.165, 1.54) is 37.9 Å². The molecule has 0 saturated heterocycles. The molecule has 5 rings (SSSR count). The van der Waals surface area contributed by atoms with Crippen LogP contribution < -0.4 is 5.19 Å². The van der Waals surface area contributed by atoms with Gasteiger partial charge in [0.05, 0.1) is 0 Å². The first-order chi connectivity index (χ1) is 13.1. The standard InChI is InChI=1S/2C10H9.C6H7Si.CH3.2ClH.Zr/c2*1-8-6-9-4-2-3-5-10(9)7-8;7-6-4-2-1-3-5-6;;;;/h2*2-7H,1H3;1-5H,7H2;1H3;2*1H;/q2*-1;;-1;;;+3. The topological polar surface area (TPSA) is 0 Å². The molecule has 31 heavy (non-hydrogen) atoms. The molecule has 0 nitrogen and oxygen atoms in total. The quantitative estimate of drug-likeness (QED) is 0.146. The van der Waals surface area contributed by atoms with Crippen LogP contribution in [0.5, 0.6) is 0 Å². The minimum Gasteiger partial charge on any atom is -0.358 e. The molecule has 0 aliphatic heterocycles. The summed E-state index contributed by atoms with van der Waals surface area (Å²) in [6.45, 7) is 4.25. The first-order valence-electron chi connectivity index (χ1n) is 9.23. The van der Waals surface area contributed by atoms with Gasteiger partial charge >= 0.3 is 26.2 Å². The fourth-order valence-corrected chi connectivity index (χ4v) is 3.36. The van der Waals surface area contributed by atoms with Crippen molar-refractivity contribution in [2.75, 3.05) is 0 Å². The Bertz CT molecular complexity index is 976. The van der Waals surface area contributed by atoms with Gasteiger partial charge in [-0.05, 0) is 0 Å². The number of benzene rings is 3. The van der Waals surface area contributed by atoms with Gasteiger partial charge in [-0.25, -0.2) is 0 Å². The zero-order valence-corrected chi connectivity index (χ0v) is 23.8. The van der Waals surface area contributed by atoms with E-state index in [2.05, 4.69) is 98.8 Å². The van der Waals surface area contributed by atoms with E-state index in [0.29, 0.717) is 0 Å². The summed E-state index contributed by atoms with van der Waals surface area (Å²) in [5, 5.41) is 6.74. The molecule has 0 bridgehead atoms. The molecule has 0 saturated carbocycles. The van der Waals surface area contributed by atoms with E-state index in [1.54, 1.807) is 0 Å². The van der Waals surface area contributed by atoms with Gasteiger partial charge in [0.2, 0.25) is 0 Å². The minimum absolute atomic E-state index is 0. The summed E-state index contributed by atoms with van der Waals surface area (Å²) in [4.78, 5) is 0. The van der Waals surface area contributed by atoms with Crippen molar-refractivity contribution in [2.24, 2.45) is 0 Å². The molecule has 0 amide bonds. The first-order valence-corrected chi connectivity index (χ1v) is 9.94. The third kappa shape index (κ3) is 10.1. The molecule has 160 valence electrons. The van der Waals surface area contributed by atoms with E-state index in [-0.39, 0.29) is 58.4 Å². The van der Waals surface area contributed by atoms with Gasteiger partial charge in [-0.15, -0.1) is 106 Å². The van der Waals surface area contributed by atoms with Gasteiger partial charge in [0.15, 0.2) is 0 Å². The van der Waals surface area contributed by atoms with Crippen molar-refractivity contribution < 1.29 is 26.2 Å². The third-order valence-electron chi connectivity index (χ3n) is 4.37. The molecule has 4 heteroatoms. The summed E-state index contributed by atoms with van der Waals surface area (Å²) in [5.74, 6) is 0. The van der Waals surface area contributed by atoms with Gasteiger partial charge in [0.25, 0.3) is 0 Å². The van der Waals surface area contributed by atoms with Crippen molar-refractivity contribution in [1.82, 2.24) is 0 Å². The molecule has 5 aromatic carbocycles. The third-order valence-corrected chi connectivity index (χ3v) is 4.84. The fraction of sp³-hybridized carbons (Fsp3) is 0.0741. The van der Waals surface area contributed by atoms with Crippen LogP contribution in [0, 0.1) is 21.3 Å². The normalized spacial score (nSPS) is 8.74. The molecular formula is C27H30Cl2SiZr. The van der Waals surface area contributed by atoms with Crippen molar-refractivity contribution in [2.45, 2.75) is 13.8 Å². The van der Waals surface area contributed by atoms with Crippen LogP contribution >= 0.6 is 24.8 Å². The molecule has 2 radical (unpaired) electrons. The molecular weight excluding hydrogens is 515 g/mol. The molecule has 0 aromatic heterocycles. The van der Waals surface area contributed by atoms with E-state index >= 15 is 0 Å². The smallest absolute Gasteiger partial charge is 0.358 e. The number of halogens is 2. The van der Waals surface area contributed by atoms with Crippen molar-refractivity contribution in [3.63, 3.8) is 0 Å². The maximum absolute atomic E-state index is 2.20. The Balaban J connectivity index is 0. The Kier molecular flexibility index (Phi) is 16.6. The molecule has 5 aromatic rings. The Hall–Kier alpha value is -1.44. The molecule has 0 atom stereocenters. The first kappa shape index (κ1) is 31.7. The zero-order chi connectivity index (χ0) is 19.1. The maximum Gasteiger partial charge on any atom is 3.00 e. The zero-order valence-electron chi connectivity index (χ0n) is 18.3. The predicted octanol–water partition coefficient (Wildman–Crippen LogP) is 6.97. The molecule has 0 N–H and O–H groups in total. The average Bonchev–Trinajstić information content (AvgIpc) is 3.23. The van der Waals surface area contributed by atoms with E-state index < -0.39 is 0 Å². The SMILES string of the molecule is Cc1cc2ccccc2[cH-]1.Cc1cc2ccccc2[cH-]1.Cl.Cl.[CH3-].[SiH2]c1ccccc1.[Zr+3]. The number of aryl methyl sites for hydroxylation is 2. The monoisotopic (exact) mass is 542 g/mol. The summed E-state index contributed by atoms with van der Waals surface area (Å²) in [7, 11) is 1.90. The molecule has 0 aliphatic rings. The van der Waals surface area contributed by atoms with E-state index in [1.807, 2.05) is 28.4 Å². The van der Waals surface area contributed by atoms with Crippen LogP contribution in [0.2, 0.25) is 0 Å². The van der Waals surface area contributed by atoms with Crippen LogP contribution in [0.15, 0.2) is 103 Å². The van der Waals surface area contributed by atoms with Gasteiger partial charge < -0.3 is 7.43 Å². The summed E-state index contributed by atoms with van der Waals surface area (Å²) in [6, 6.07) is 36.0. The largest absolute Gasteiger partial charge is 3.00 e. The second kappa shape index (κ2) is 16.2. The summed E-state index contributed by atoms with van der Waals surface area (Å²) in [6.07, 6.45) is 0. The Morgan fingerprint density at radius 1 is 0.581 bits per heavy atom. The summed E-state index contributed by atoms with van der Waals surface area (Å²) >= 11 is 0.